The predicted molar refractivity (Wildman–Crippen MR) is 34.4 cm³/mol. The fourth-order valence-electron chi connectivity index (χ4n) is 0.116. The molecule has 0 aromatic rings. The van der Waals surface area contributed by atoms with Gasteiger partial charge in [0, 0.05) is 0 Å². The number of halogens is 3. The Hall–Kier alpha value is 0.340. The van der Waals surface area contributed by atoms with Crippen LogP contribution in [0.15, 0.2) is 0 Å². The molecule has 1 radical (unpaired) electrons. The highest BCUT2D eigenvalue weighted by Crippen LogP contribution is 2.26. The molecule has 0 saturated carbocycles. The zero-order valence-corrected chi connectivity index (χ0v) is 6.26. The molecule has 0 unspecified atom stereocenters. The first-order valence-corrected chi connectivity index (χ1v) is 2.79. The molecule has 8 heavy (non-hydrogen) atoms. The third-order valence-corrected chi connectivity index (χ3v) is 0.921. The van der Waals surface area contributed by atoms with E-state index in [2.05, 4.69) is 4.74 Å². The van der Waals surface area contributed by atoms with Crippen molar-refractivity contribution in [3.05, 3.63) is 0 Å². The lowest BCUT2D eigenvalue weighted by Gasteiger charge is -2.07. The molecule has 0 aromatic heterocycles. The predicted octanol–water partition coefficient (Wildman–Crippen LogP) is 1.20. The fraction of sp³-hybridized carbons (Fsp3) is 0.667. The molecule has 0 fully saturated rings. The Kier molecular flexibility index (Phi) is 2.88. The van der Waals surface area contributed by atoms with Crippen LogP contribution in [-0.2, 0) is 4.74 Å². The first-order valence-electron chi connectivity index (χ1n) is 1.65. The summed E-state index contributed by atoms with van der Waals surface area (Å²) in [6.07, 6.45) is 0. The topological polar surface area (TPSA) is 31.5 Å². The lowest BCUT2D eigenvalue weighted by atomic mass is 10.8. The molecule has 0 N–H and O–H groups in total. The van der Waals surface area contributed by atoms with Crippen molar-refractivity contribution >= 4 is 40.7 Å². The lowest BCUT2D eigenvalue weighted by Crippen LogP contribution is -2.21. The number of rotatable bonds is 0. The molecule has 2 nitrogen and oxygen atoms in total. The average Bonchev–Trinajstić information content (AvgIpc) is 1.62. The van der Waals surface area contributed by atoms with Gasteiger partial charge in [0.2, 0.25) is 0 Å². The van der Waals surface area contributed by atoms with Crippen LogP contribution in [0.1, 0.15) is 0 Å². The standard InChI is InChI=1S/C3H3Cl3NO/c1-8-2(7)3(4,5)6/h1H3. The molecule has 0 saturated heterocycles. The van der Waals surface area contributed by atoms with Crippen LogP contribution in [0, 0.1) is 0 Å². The van der Waals surface area contributed by atoms with E-state index in [0.29, 0.717) is 0 Å². The fourth-order valence-corrected chi connectivity index (χ4v) is 0.347. The van der Waals surface area contributed by atoms with Crippen molar-refractivity contribution in [2.45, 2.75) is 3.79 Å². The molecule has 0 rings (SSSR count). The minimum absolute atomic E-state index is 0.623. The molecule has 0 atom stereocenters. The molecule has 0 heterocycles. The largest absolute Gasteiger partial charge is 0.480 e. The Morgan fingerprint density at radius 3 is 1.88 bits per heavy atom. The molecule has 0 aliphatic heterocycles. The molecular formula is C3H3Cl3NO. The summed E-state index contributed by atoms with van der Waals surface area (Å²) in [6, 6.07) is 0. The van der Waals surface area contributed by atoms with Gasteiger partial charge in [-0.25, -0.2) is 0 Å². The van der Waals surface area contributed by atoms with E-state index >= 15 is 0 Å². The zero-order valence-electron chi connectivity index (χ0n) is 3.99. The van der Waals surface area contributed by atoms with E-state index in [0.717, 1.165) is 0 Å². The average molecular weight is 175 g/mol. The summed E-state index contributed by atoms with van der Waals surface area (Å²) in [7, 11) is 1.21. The Labute approximate surface area is 62.2 Å². The SMILES string of the molecule is COC(=[N])C(Cl)(Cl)Cl. The second-order valence-electron chi connectivity index (χ2n) is 1.01. The van der Waals surface area contributed by atoms with Gasteiger partial charge in [-0.05, 0) is 0 Å². The Balaban J connectivity index is 3.82. The monoisotopic (exact) mass is 174 g/mol. The van der Waals surface area contributed by atoms with E-state index in [4.69, 9.17) is 40.2 Å². The van der Waals surface area contributed by atoms with Gasteiger partial charge in [0.05, 0.1) is 7.11 Å². The summed E-state index contributed by atoms with van der Waals surface area (Å²) in [4.78, 5) is 0. The van der Waals surface area contributed by atoms with Crippen molar-refractivity contribution in [2.24, 2.45) is 0 Å². The molecule has 0 bridgehead atoms. The van der Waals surface area contributed by atoms with Crippen LogP contribution in [0.5, 0.6) is 0 Å². The van der Waals surface area contributed by atoms with Gasteiger partial charge in [-0.1, -0.05) is 34.8 Å². The first-order chi connectivity index (χ1) is 3.48. The van der Waals surface area contributed by atoms with Gasteiger partial charge in [0.1, 0.15) is 0 Å². The number of methoxy groups -OCH3 is 1. The van der Waals surface area contributed by atoms with E-state index in [1.165, 1.54) is 7.11 Å². The van der Waals surface area contributed by atoms with E-state index in [1.54, 1.807) is 0 Å². The smallest absolute Gasteiger partial charge is 0.268 e. The number of hydrogen-bond donors (Lipinski definition) is 0. The van der Waals surface area contributed by atoms with Crippen molar-refractivity contribution in [2.75, 3.05) is 7.11 Å². The highest BCUT2D eigenvalue weighted by molar-refractivity contribution is 6.76. The Morgan fingerprint density at radius 2 is 1.88 bits per heavy atom. The van der Waals surface area contributed by atoms with Crippen LogP contribution in [0.4, 0.5) is 0 Å². The van der Waals surface area contributed by atoms with E-state index < -0.39 is 9.69 Å². The highest BCUT2D eigenvalue weighted by atomic mass is 35.6. The second-order valence-corrected chi connectivity index (χ2v) is 3.29. The van der Waals surface area contributed by atoms with E-state index in [1.807, 2.05) is 0 Å². The van der Waals surface area contributed by atoms with Crippen LogP contribution in [0.2, 0.25) is 0 Å². The van der Waals surface area contributed by atoms with Crippen molar-refractivity contribution in [1.29, 1.82) is 0 Å². The highest BCUT2D eigenvalue weighted by Gasteiger charge is 2.28. The number of alkyl halides is 3. The summed E-state index contributed by atoms with van der Waals surface area (Å²) in [5, 5.41) is 8.49. The van der Waals surface area contributed by atoms with Crippen molar-refractivity contribution in [3.8, 4) is 0 Å². The first kappa shape index (κ1) is 8.34. The van der Waals surface area contributed by atoms with Crippen LogP contribution in [0.3, 0.4) is 0 Å². The normalized spacial score (nSPS) is 11.0. The van der Waals surface area contributed by atoms with Gasteiger partial charge in [0.25, 0.3) is 9.69 Å². The minimum Gasteiger partial charge on any atom is -0.480 e. The molecule has 5 heteroatoms. The number of ether oxygens (including phenoxy) is 1. The maximum atomic E-state index is 8.49. The van der Waals surface area contributed by atoms with Crippen LogP contribution >= 0.6 is 34.8 Å². The summed E-state index contributed by atoms with van der Waals surface area (Å²) >= 11 is 15.3. The number of hydrogen-bond acceptors (Lipinski definition) is 1. The van der Waals surface area contributed by atoms with Gasteiger partial charge in [-0.15, -0.1) is 5.41 Å². The Bertz CT molecular complexity index is 97.2. The quantitative estimate of drug-likeness (QED) is 0.309. The van der Waals surface area contributed by atoms with Crippen molar-refractivity contribution in [1.82, 2.24) is 5.41 Å². The summed E-state index contributed by atoms with van der Waals surface area (Å²) < 4.78 is 2.37. The van der Waals surface area contributed by atoms with Gasteiger partial charge in [0.15, 0.2) is 0 Å². The summed E-state index contributed by atoms with van der Waals surface area (Å²) in [5.41, 5.74) is 0. The van der Waals surface area contributed by atoms with Gasteiger partial charge < -0.3 is 4.74 Å². The molecule has 0 aliphatic carbocycles. The number of nitrogens with zero attached hydrogens (tertiary/aromatic N) is 1. The third-order valence-electron chi connectivity index (χ3n) is 0.436. The van der Waals surface area contributed by atoms with Gasteiger partial charge in [-0.2, -0.15) is 0 Å². The summed E-state index contributed by atoms with van der Waals surface area (Å²) in [5.74, 6) is -0.623. The third kappa shape index (κ3) is 2.60. The maximum Gasteiger partial charge on any atom is 0.268 e. The second kappa shape index (κ2) is 2.76. The lowest BCUT2D eigenvalue weighted by molar-refractivity contribution is 0.396. The van der Waals surface area contributed by atoms with Gasteiger partial charge in [-0.3, -0.25) is 0 Å². The molecule has 0 amide bonds. The molecule has 47 valence electrons. The maximum absolute atomic E-state index is 8.49. The molecule has 0 aromatic carbocycles. The van der Waals surface area contributed by atoms with Crippen molar-refractivity contribution in [3.63, 3.8) is 0 Å². The van der Waals surface area contributed by atoms with Crippen LogP contribution in [0.25, 0.3) is 0 Å². The van der Waals surface area contributed by atoms with Crippen LogP contribution < -0.4 is 5.41 Å². The Morgan fingerprint density at radius 1 is 1.50 bits per heavy atom. The molecule has 0 spiro atoms. The van der Waals surface area contributed by atoms with Gasteiger partial charge >= 0.3 is 0 Å². The summed E-state index contributed by atoms with van der Waals surface area (Å²) in [6.45, 7) is 0. The molecular weight excluding hydrogens is 172 g/mol. The zero-order chi connectivity index (χ0) is 6.78. The van der Waals surface area contributed by atoms with Crippen molar-refractivity contribution < 1.29 is 4.74 Å². The molecule has 0 aliphatic rings. The van der Waals surface area contributed by atoms with E-state index in [9.17, 15) is 0 Å². The van der Waals surface area contributed by atoms with Crippen LogP contribution in [-0.4, -0.2) is 16.8 Å². The van der Waals surface area contributed by atoms with E-state index in [-0.39, 0.29) is 0 Å². The minimum atomic E-state index is -1.82.